The number of nitrogens with zero attached hydrogens (tertiary/aromatic N) is 1. The van der Waals surface area contributed by atoms with Crippen molar-refractivity contribution < 1.29 is 4.79 Å². The molecule has 0 amide bonds. The molecule has 2 nitrogen and oxygen atoms in total. The Morgan fingerprint density at radius 2 is 2.06 bits per heavy atom. The first kappa shape index (κ1) is 13.1. The minimum absolute atomic E-state index is 0.00948. The van der Waals surface area contributed by atoms with Crippen molar-refractivity contribution in [3.63, 3.8) is 0 Å². The molecule has 0 aliphatic carbocycles. The zero-order valence-corrected chi connectivity index (χ0v) is 11.3. The average molecular weight is 280 g/mol. The number of hydrogen-bond donors (Lipinski definition) is 0. The summed E-state index contributed by atoms with van der Waals surface area (Å²) in [5.41, 5.74) is 2.26. The second-order valence-corrected chi connectivity index (χ2v) is 4.87. The van der Waals surface area contributed by atoms with Crippen LogP contribution in [0, 0.1) is 6.92 Å². The van der Waals surface area contributed by atoms with E-state index in [9.17, 15) is 4.79 Å². The van der Waals surface area contributed by atoms with E-state index in [0.29, 0.717) is 15.6 Å². The van der Waals surface area contributed by atoms with Gasteiger partial charge in [-0.15, -0.1) is 0 Å². The smallest absolute Gasteiger partial charge is 0.169 e. The van der Waals surface area contributed by atoms with Gasteiger partial charge >= 0.3 is 0 Å². The van der Waals surface area contributed by atoms with E-state index in [0.717, 1.165) is 11.1 Å². The van der Waals surface area contributed by atoms with Gasteiger partial charge in [0, 0.05) is 34.4 Å². The van der Waals surface area contributed by atoms with Crippen molar-refractivity contribution in [3.05, 3.63) is 63.4 Å². The number of carbonyl (C=O) groups excluding carboxylic acids is 1. The molecule has 1 heterocycles. The summed E-state index contributed by atoms with van der Waals surface area (Å²) in [6.07, 6.45) is 3.47. The summed E-state index contributed by atoms with van der Waals surface area (Å²) >= 11 is 11.9. The van der Waals surface area contributed by atoms with E-state index < -0.39 is 0 Å². The first-order chi connectivity index (χ1) is 8.58. The Kier molecular flexibility index (Phi) is 4.00. The van der Waals surface area contributed by atoms with Gasteiger partial charge in [0.05, 0.1) is 0 Å². The number of pyridine rings is 1. The van der Waals surface area contributed by atoms with Gasteiger partial charge in [-0.05, 0) is 42.3 Å². The van der Waals surface area contributed by atoms with Crippen LogP contribution in [-0.2, 0) is 6.42 Å². The van der Waals surface area contributed by atoms with Crippen molar-refractivity contribution in [2.24, 2.45) is 0 Å². The van der Waals surface area contributed by atoms with E-state index in [-0.39, 0.29) is 12.2 Å². The van der Waals surface area contributed by atoms with Crippen LogP contribution in [0.25, 0.3) is 0 Å². The molecular weight excluding hydrogens is 269 g/mol. The van der Waals surface area contributed by atoms with Gasteiger partial charge in [-0.1, -0.05) is 23.2 Å². The minimum Gasteiger partial charge on any atom is -0.294 e. The van der Waals surface area contributed by atoms with E-state index >= 15 is 0 Å². The molecule has 1 aromatic carbocycles. The third-order valence-electron chi connectivity index (χ3n) is 2.70. The molecule has 0 radical (unpaired) electrons. The Hall–Kier alpha value is -1.38. The molecular formula is C14H11Cl2NO. The largest absolute Gasteiger partial charge is 0.294 e. The Balaban J connectivity index is 2.27. The highest BCUT2D eigenvalue weighted by Crippen LogP contribution is 2.22. The second-order valence-electron chi connectivity index (χ2n) is 4.03. The summed E-state index contributed by atoms with van der Waals surface area (Å²) in [6.45, 7) is 1.88. The van der Waals surface area contributed by atoms with Crippen molar-refractivity contribution >= 4 is 29.0 Å². The van der Waals surface area contributed by atoms with Crippen molar-refractivity contribution in [2.75, 3.05) is 0 Å². The number of Topliss-reactive ketones (excluding diaryl/α,β-unsaturated/α-hetero) is 1. The molecule has 2 rings (SSSR count). The molecule has 0 saturated carbocycles. The molecule has 0 atom stereocenters. The van der Waals surface area contributed by atoms with Crippen molar-refractivity contribution in [1.29, 1.82) is 0 Å². The van der Waals surface area contributed by atoms with Crippen LogP contribution in [0.5, 0.6) is 0 Å². The summed E-state index contributed by atoms with van der Waals surface area (Å²) in [4.78, 5) is 16.1. The maximum Gasteiger partial charge on any atom is 0.169 e. The normalized spacial score (nSPS) is 10.4. The molecule has 0 N–H and O–H groups in total. The minimum atomic E-state index is -0.00948. The second kappa shape index (κ2) is 5.51. The van der Waals surface area contributed by atoms with Crippen LogP contribution in [0.3, 0.4) is 0 Å². The summed E-state index contributed by atoms with van der Waals surface area (Å²) in [5.74, 6) is -0.00948. The summed E-state index contributed by atoms with van der Waals surface area (Å²) in [7, 11) is 0. The molecule has 0 saturated heterocycles. The molecule has 2 aromatic rings. The van der Waals surface area contributed by atoms with Gasteiger partial charge in [0.25, 0.3) is 0 Å². The maximum absolute atomic E-state index is 12.2. The van der Waals surface area contributed by atoms with E-state index in [2.05, 4.69) is 4.98 Å². The van der Waals surface area contributed by atoms with Crippen LogP contribution in [0.2, 0.25) is 10.0 Å². The quantitative estimate of drug-likeness (QED) is 0.791. The number of hydrogen-bond acceptors (Lipinski definition) is 2. The lowest BCUT2D eigenvalue weighted by molar-refractivity contribution is 0.0992. The lowest BCUT2D eigenvalue weighted by atomic mass is 10.0. The molecule has 0 aliphatic rings. The highest BCUT2D eigenvalue weighted by molar-refractivity contribution is 6.33. The number of carbonyl (C=O) groups is 1. The van der Waals surface area contributed by atoms with Crippen LogP contribution >= 0.6 is 23.2 Å². The predicted molar refractivity (Wildman–Crippen MR) is 73.5 cm³/mol. The number of ketones is 1. The van der Waals surface area contributed by atoms with E-state index in [4.69, 9.17) is 23.2 Å². The van der Waals surface area contributed by atoms with Crippen LogP contribution < -0.4 is 0 Å². The molecule has 0 fully saturated rings. The fourth-order valence-electron chi connectivity index (χ4n) is 1.70. The molecule has 0 aliphatic heterocycles. The molecule has 1 aromatic heterocycles. The van der Waals surface area contributed by atoms with Crippen molar-refractivity contribution in [1.82, 2.24) is 4.98 Å². The lowest BCUT2D eigenvalue weighted by Gasteiger charge is -2.06. The van der Waals surface area contributed by atoms with E-state index in [1.807, 2.05) is 13.0 Å². The molecule has 0 bridgehead atoms. The van der Waals surface area contributed by atoms with Gasteiger partial charge in [-0.25, -0.2) is 0 Å². The summed E-state index contributed by atoms with van der Waals surface area (Å²) in [6, 6.07) is 6.93. The van der Waals surface area contributed by atoms with Gasteiger partial charge in [-0.3, -0.25) is 9.78 Å². The lowest BCUT2D eigenvalue weighted by Crippen LogP contribution is -2.06. The van der Waals surface area contributed by atoms with E-state index in [1.54, 1.807) is 30.6 Å². The van der Waals surface area contributed by atoms with Crippen LogP contribution in [0.4, 0.5) is 0 Å². The molecule has 0 spiro atoms. The van der Waals surface area contributed by atoms with E-state index in [1.165, 1.54) is 0 Å². The SMILES string of the molecule is Cc1ccncc1C(=O)Cc1cc(Cl)ccc1Cl. The van der Waals surface area contributed by atoms with Crippen LogP contribution in [-0.4, -0.2) is 10.8 Å². The van der Waals surface area contributed by atoms with Gasteiger partial charge < -0.3 is 0 Å². The number of aromatic nitrogens is 1. The first-order valence-corrected chi connectivity index (χ1v) is 6.21. The zero-order chi connectivity index (χ0) is 13.1. The number of benzene rings is 1. The first-order valence-electron chi connectivity index (χ1n) is 5.45. The molecule has 18 heavy (non-hydrogen) atoms. The fourth-order valence-corrected chi connectivity index (χ4v) is 2.08. The van der Waals surface area contributed by atoms with Crippen molar-refractivity contribution in [2.45, 2.75) is 13.3 Å². The Morgan fingerprint density at radius 1 is 1.28 bits per heavy atom. The summed E-state index contributed by atoms with van der Waals surface area (Å²) < 4.78 is 0. The molecule has 4 heteroatoms. The van der Waals surface area contributed by atoms with Gasteiger partial charge in [0.1, 0.15) is 0 Å². The van der Waals surface area contributed by atoms with Crippen LogP contribution in [0.1, 0.15) is 21.5 Å². The van der Waals surface area contributed by atoms with Crippen LogP contribution in [0.15, 0.2) is 36.7 Å². The molecule has 0 unspecified atom stereocenters. The monoisotopic (exact) mass is 279 g/mol. The Labute approximate surface area is 116 Å². The Morgan fingerprint density at radius 3 is 2.78 bits per heavy atom. The zero-order valence-electron chi connectivity index (χ0n) is 9.78. The number of rotatable bonds is 3. The number of aryl methyl sites for hydroxylation is 1. The third kappa shape index (κ3) is 2.89. The average Bonchev–Trinajstić information content (AvgIpc) is 2.34. The summed E-state index contributed by atoms with van der Waals surface area (Å²) in [5, 5.41) is 1.12. The Bertz CT molecular complexity index is 596. The maximum atomic E-state index is 12.2. The van der Waals surface area contributed by atoms with Crippen molar-refractivity contribution in [3.8, 4) is 0 Å². The highest BCUT2D eigenvalue weighted by atomic mass is 35.5. The van der Waals surface area contributed by atoms with Gasteiger partial charge in [0.2, 0.25) is 0 Å². The topological polar surface area (TPSA) is 30.0 Å². The van der Waals surface area contributed by atoms with Gasteiger partial charge in [-0.2, -0.15) is 0 Å². The standard InChI is InChI=1S/C14H11Cl2NO/c1-9-4-5-17-8-12(9)14(18)7-10-6-11(15)2-3-13(10)16/h2-6,8H,7H2,1H3. The third-order valence-corrected chi connectivity index (χ3v) is 3.30. The predicted octanol–water partition coefficient (Wildman–Crippen LogP) is 4.12. The highest BCUT2D eigenvalue weighted by Gasteiger charge is 2.12. The number of halogens is 2. The molecule has 92 valence electrons. The van der Waals surface area contributed by atoms with Gasteiger partial charge in [0.15, 0.2) is 5.78 Å². The fraction of sp³-hybridized carbons (Fsp3) is 0.143.